The number of anilines is 1. The molecule has 0 spiro atoms. The fraction of sp³-hybridized carbons (Fsp3) is 0.304. The lowest BCUT2D eigenvalue weighted by molar-refractivity contribution is 0.102. The number of aryl methyl sites for hydroxylation is 1. The molecule has 0 aliphatic carbocycles. The van der Waals surface area contributed by atoms with Crippen LogP contribution in [0.1, 0.15) is 40.4 Å². The van der Waals surface area contributed by atoms with Crippen LogP contribution in [0, 0.1) is 18.6 Å². The van der Waals surface area contributed by atoms with Gasteiger partial charge in [-0.3, -0.25) is 4.79 Å². The molecule has 1 aliphatic rings. The molecule has 0 saturated carbocycles. The van der Waals surface area contributed by atoms with Gasteiger partial charge in [0.2, 0.25) is 0 Å². The number of nitrogens with one attached hydrogen (secondary N) is 2. The van der Waals surface area contributed by atoms with Crippen molar-refractivity contribution in [3.8, 4) is 11.4 Å². The summed E-state index contributed by atoms with van der Waals surface area (Å²) in [6, 6.07) is 6.68. The molecule has 3 aromatic rings. The summed E-state index contributed by atoms with van der Waals surface area (Å²) in [6.45, 7) is 3.37. The van der Waals surface area contributed by atoms with Crippen molar-refractivity contribution in [2.75, 3.05) is 25.5 Å². The van der Waals surface area contributed by atoms with E-state index in [4.69, 9.17) is 16.3 Å². The van der Waals surface area contributed by atoms with Crippen molar-refractivity contribution in [3.05, 3.63) is 70.0 Å². The number of methoxy groups -OCH3 is 1. The Bertz CT molecular complexity index is 1160. The van der Waals surface area contributed by atoms with Gasteiger partial charge >= 0.3 is 0 Å². The van der Waals surface area contributed by atoms with Gasteiger partial charge in [0.15, 0.2) is 5.82 Å². The first-order chi connectivity index (χ1) is 15.4. The van der Waals surface area contributed by atoms with Crippen LogP contribution in [0.3, 0.4) is 0 Å². The topological polar surface area (TPSA) is 68.2 Å². The molecule has 1 fully saturated rings. The summed E-state index contributed by atoms with van der Waals surface area (Å²) in [6.07, 6.45) is 2.95. The van der Waals surface area contributed by atoms with Crippen LogP contribution in [-0.4, -0.2) is 35.9 Å². The van der Waals surface area contributed by atoms with E-state index in [-0.39, 0.29) is 11.6 Å². The molecule has 2 aromatic carbocycles. The van der Waals surface area contributed by atoms with Crippen LogP contribution in [0.25, 0.3) is 5.69 Å². The third kappa shape index (κ3) is 4.33. The summed E-state index contributed by atoms with van der Waals surface area (Å²) in [4.78, 5) is 13.3. The molecule has 1 aliphatic heterocycles. The number of halogens is 3. The minimum atomic E-state index is -0.745. The average molecular weight is 461 g/mol. The Hall–Kier alpha value is -2.97. The molecule has 6 nitrogen and oxygen atoms in total. The van der Waals surface area contributed by atoms with Gasteiger partial charge in [0.05, 0.1) is 30.3 Å². The highest BCUT2D eigenvalue weighted by atomic mass is 35.5. The van der Waals surface area contributed by atoms with Gasteiger partial charge in [-0.2, -0.15) is 5.10 Å². The summed E-state index contributed by atoms with van der Waals surface area (Å²) < 4.78 is 34.8. The van der Waals surface area contributed by atoms with E-state index < -0.39 is 17.5 Å². The number of hydrogen-bond acceptors (Lipinski definition) is 4. The number of nitrogens with zero attached hydrogens (tertiary/aromatic N) is 2. The van der Waals surface area contributed by atoms with E-state index >= 15 is 0 Å². The van der Waals surface area contributed by atoms with Gasteiger partial charge in [0.1, 0.15) is 17.3 Å². The van der Waals surface area contributed by atoms with Crippen LogP contribution in [0.5, 0.6) is 5.75 Å². The molecule has 1 amide bonds. The minimum Gasteiger partial charge on any atom is -0.495 e. The second-order valence-electron chi connectivity index (χ2n) is 7.73. The first kappa shape index (κ1) is 22.2. The van der Waals surface area contributed by atoms with Gasteiger partial charge in [-0.15, -0.1) is 0 Å². The van der Waals surface area contributed by atoms with Gasteiger partial charge in [-0.05, 0) is 56.6 Å². The molecule has 1 aromatic heterocycles. The molecule has 2 N–H and O–H groups in total. The third-order valence-corrected chi connectivity index (χ3v) is 6.05. The first-order valence-corrected chi connectivity index (χ1v) is 10.7. The summed E-state index contributed by atoms with van der Waals surface area (Å²) in [5.41, 5.74) is 2.27. The first-order valence-electron chi connectivity index (χ1n) is 10.3. The van der Waals surface area contributed by atoms with E-state index in [2.05, 4.69) is 15.7 Å². The number of ether oxygens (including phenoxy) is 1. The van der Waals surface area contributed by atoms with E-state index in [0.717, 1.165) is 37.6 Å². The standard InChI is InChI=1S/C23H23ClF2N4O2/c1-13-9-19(21(32-2)11-17(13)24)29-23(31)16-12-28-30(20-4-3-15(25)10-18(20)26)22(16)14-5-7-27-8-6-14/h3-4,9-12,14,27H,5-8H2,1-2H3,(H,29,31). The molecule has 0 radical (unpaired) electrons. The van der Waals surface area contributed by atoms with Crippen molar-refractivity contribution >= 4 is 23.2 Å². The number of aromatic nitrogens is 2. The number of benzene rings is 2. The van der Waals surface area contributed by atoms with E-state index in [1.165, 1.54) is 30.1 Å². The number of carbonyl (C=O) groups excluding carboxylic acids is 1. The van der Waals surface area contributed by atoms with E-state index in [1.807, 2.05) is 6.92 Å². The van der Waals surface area contributed by atoms with Crippen molar-refractivity contribution in [3.63, 3.8) is 0 Å². The minimum absolute atomic E-state index is 0.0159. The smallest absolute Gasteiger partial charge is 0.259 e. The molecule has 32 heavy (non-hydrogen) atoms. The van der Waals surface area contributed by atoms with Crippen LogP contribution in [0.15, 0.2) is 36.5 Å². The van der Waals surface area contributed by atoms with Crippen LogP contribution < -0.4 is 15.4 Å². The van der Waals surface area contributed by atoms with Gasteiger partial charge in [0, 0.05) is 23.1 Å². The molecule has 1 saturated heterocycles. The van der Waals surface area contributed by atoms with E-state index in [9.17, 15) is 13.6 Å². The Labute approximate surface area is 189 Å². The van der Waals surface area contributed by atoms with Crippen LogP contribution in [0.4, 0.5) is 14.5 Å². The summed E-state index contributed by atoms with van der Waals surface area (Å²) in [5, 5.41) is 11.0. The number of hydrogen-bond donors (Lipinski definition) is 2. The monoisotopic (exact) mass is 460 g/mol. The molecule has 4 rings (SSSR count). The van der Waals surface area contributed by atoms with Gasteiger partial charge in [-0.1, -0.05) is 11.6 Å². The molecule has 168 valence electrons. The Morgan fingerprint density at radius 2 is 2.00 bits per heavy atom. The predicted octanol–water partition coefficient (Wildman–Crippen LogP) is 4.84. The molecule has 2 heterocycles. The zero-order chi connectivity index (χ0) is 22.8. The van der Waals surface area contributed by atoms with E-state index in [1.54, 1.807) is 12.1 Å². The molecular weight excluding hydrogens is 438 g/mol. The molecule has 9 heteroatoms. The number of piperidine rings is 1. The Kier molecular flexibility index (Phi) is 6.43. The Morgan fingerprint density at radius 3 is 2.69 bits per heavy atom. The molecular formula is C23H23ClF2N4O2. The van der Waals surface area contributed by atoms with Crippen molar-refractivity contribution in [1.82, 2.24) is 15.1 Å². The van der Waals surface area contributed by atoms with Crippen LogP contribution in [-0.2, 0) is 0 Å². The zero-order valence-corrected chi connectivity index (χ0v) is 18.5. The lowest BCUT2D eigenvalue weighted by Crippen LogP contribution is -2.29. The fourth-order valence-corrected chi connectivity index (χ4v) is 4.14. The Balaban J connectivity index is 1.76. The van der Waals surface area contributed by atoms with Crippen molar-refractivity contribution in [2.24, 2.45) is 0 Å². The average Bonchev–Trinajstić information content (AvgIpc) is 3.21. The molecule has 0 bridgehead atoms. The van der Waals surface area contributed by atoms with Crippen molar-refractivity contribution in [1.29, 1.82) is 0 Å². The maximum Gasteiger partial charge on any atom is 0.259 e. The third-order valence-electron chi connectivity index (χ3n) is 5.64. The SMILES string of the molecule is COc1cc(Cl)c(C)cc1NC(=O)c1cnn(-c2ccc(F)cc2F)c1C1CCNCC1. The quantitative estimate of drug-likeness (QED) is 0.571. The Morgan fingerprint density at radius 1 is 1.25 bits per heavy atom. The van der Waals surface area contributed by atoms with Crippen molar-refractivity contribution in [2.45, 2.75) is 25.7 Å². The largest absolute Gasteiger partial charge is 0.495 e. The van der Waals surface area contributed by atoms with Gasteiger partial charge in [0.25, 0.3) is 5.91 Å². The highest BCUT2D eigenvalue weighted by Crippen LogP contribution is 2.34. The number of rotatable bonds is 5. The van der Waals surface area contributed by atoms with Gasteiger partial charge in [-0.25, -0.2) is 13.5 Å². The predicted molar refractivity (Wildman–Crippen MR) is 119 cm³/mol. The van der Waals surface area contributed by atoms with Gasteiger partial charge < -0.3 is 15.4 Å². The maximum absolute atomic E-state index is 14.6. The second-order valence-corrected chi connectivity index (χ2v) is 8.14. The molecule has 0 atom stereocenters. The van der Waals surface area contributed by atoms with Crippen LogP contribution in [0.2, 0.25) is 5.02 Å². The molecule has 0 unspecified atom stereocenters. The normalized spacial score (nSPS) is 14.4. The van der Waals surface area contributed by atoms with Crippen LogP contribution >= 0.6 is 11.6 Å². The zero-order valence-electron chi connectivity index (χ0n) is 17.7. The number of carbonyl (C=O) groups is 1. The summed E-state index contributed by atoms with van der Waals surface area (Å²) in [7, 11) is 1.49. The highest BCUT2D eigenvalue weighted by molar-refractivity contribution is 6.31. The lowest BCUT2D eigenvalue weighted by atomic mass is 9.91. The number of amides is 1. The van der Waals surface area contributed by atoms with E-state index in [0.29, 0.717) is 27.7 Å². The van der Waals surface area contributed by atoms with Crippen molar-refractivity contribution < 1.29 is 18.3 Å². The summed E-state index contributed by atoms with van der Waals surface area (Å²) in [5.74, 6) is -1.41. The second kappa shape index (κ2) is 9.26. The summed E-state index contributed by atoms with van der Waals surface area (Å²) >= 11 is 6.17. The highest BCUT2D eigenvalue weighted by Gasteiger charge is 2.28. The lowest BCUT2D eigenvalue weighted by Gasteiger charge is -2.25. The fourth-order valence-electron chi connectivity index (χ4n) is 3.99. The maximum atomic E-state index is 14.6.